The third-order valence-electron chi connectivity index (χ3n) is 9.40. The third-order valence-corrected chi connectivity index (χ3v) is 9.40. The van der Waals surface area contributed by atoms with Gasteiger partial charge in [0.05, 0.1) is 19.3 Å². The van der Waals surface area contributed by atoms with Gasteiger partial charge < -0.3 is 99.2 Å². The average molecular weight is 773 g/mol. The minimum absolute atomic E-state index is 0.0616. The predicted molar refractivity (Wildman–Crippen MR) is 173 cm³/mol. The molecule has 13 N–H and O–H groups in total. The molecule has 3 saturated heterocycles. The summed E-state index contributed by atoms with van der Waals surface area (Å²) in [6.45, 7) is -0.101. The van der Waals surface area contributed by atoms with E-state index in [0.717, 1.165) is 6.07 Å². The Kier molecular flexibility index (Phi) is 11.5. The molecule has 4 heterocycles. The second-order valence-electron chi connectivity index (χ2n) is 13.0. The van der Waals surface area contributed by atoms with Crippen molar-refractivity contribution in [3.8, 4) is 40.1 Å². The molecule has 0 saturated carbocycles. The van der Waals surface area contributed by atoms with Crippen LogP contribution in [0.25, 0.3) is 22.3 Å². The number of fused-ring (bicyclic) bond motifs is 1. The molecule has 0 amide bonds. The minimum Gasteiger partial charge on any atom is -0.508 e. The predicted octanol–water partition coefficient (Wildman–Crippen LogP) is -4.21. The summed E-state index contributed by atoms with van der Waals surface area (Å²) in [4.78, 5) is 14.2. The first-order valence-electron chi connectivity index (χ1n) is 16.5. The van der Waals surface area contributed by atoms with Crippen molar-refractivity contribution in [1.82, 2.24) is 0 Å². The fourth-order valence-electron chi connectivity index (χ4n) is 6.20. The minimum atomic E-state index is -2.06. The molecular weight excluding hydrogens is 732 g/mol. The zero-order valence-electron chi connectivity index (χ0n) is 28.0. The van der Waals surface area contributed by atoms with Crippen molar-refractivity contribution in [2.24, 2.45) is 0 Å². The summed E-state index contributed by atoms with van der Waals surface area (Å²) in [6.07, 6.45) is -25.9. The summed E-state index contributed by atoms with van der Waals surface area (Å²) in [6, 6.07) is 5.85. The van der Waals surface area contributed by atoms with E-state index in [0.29, 0.717) is 0 Å². The standard InChI is InChI=1S/C33H40O21/c1-9-17(37)22(42)25(45)31(49-9)48-8-15-19(39)24(44)27(47)33(52-15)54-30-21(41)16-13(50-28(30)10-2-4-11(35)5-3-10)6-12(36)29(20(16)40)53-32-26(46)23(43)18(38)14(7-34)51-32/h2-6,9,14-15,17-19,22-27,31-40,42-47H,7-8H2,1H3/t9-,14+,15-,17-,18+,19+,22-,23-,24-,25+,26+,27+,31+,32-,33-/m0/s1. The molecule has 298 valence electrons. The Labute approximate surface area is 303 Å². The van der Waals surface area contributed by atoms with Gasteiger partial charge in [0.2, 0.25) is 29.5 Å². The van der Waals surface area contributed by atoms with Crippen LogP contribution in [-0.4, -0.2) is 172 Å². The van der Waals surface area contributed by atoms with Crippen molar-refractivity contribution in [1.29, 1.82) is 0 Å². The van der Waals surface area contributed by atoms with Crippen molar-refractivity contribution in [3.63, 3.8) is 0 Å². The van der Waals surface area contributed by atoms with Gasteiger partial charge in [-0.3, -0.25) is 4.79 Å². The van der Waals surface area contributed by atoms with E-state index < -0.39 is 150 Å². The maximum absolute atomic E-state index is 14.2. The summed E-state index contributed by atoms with van der Waals surface area (Å²) in [5.74, 6) is -4.27. The fourth-order valence-corrected chi connectivity index (χ4v) is 6.20. The van der Waals surface area contributed by atoms with Gasteiger partial charge in [0, 0.05) is 11.6 Å². The lowest BCUT2D eigenvalue weighted by Gasteiger charge is -2.42. The maximum atomic E-state index is 14.2. The number of phenolic OH excluding ortho intramolecular Hbond substituents is 3. The lowest BCUT2D eigenvalue weighted by atomic mass is 9.98. The van der Waals surface area contributed by atoms with Crippen LogP contribution >= 0.6 is 0 Å². The highest BCUT2D eigenvalue weighted by Gasteiger charge is 2.49. The topological polar surface area (TPSA) is 349 Å². The molecule has 2 aromatic carbocycles. The number of hydrogen-bond acceptors (Lipinski definition) is 21. The number of benzene rings is 2. The van der Waals surface area contributed by atoms with E-state index in [1.807, 2.05) is 0 Å². The van der Waals surface area contributed by atoms with Crippen molar-refractivity contribution in [2.75, 3.05) is 13.2 Å². The van der Waals surface area contributed by atoms with Gasteiger partial charge in [-0.2, -0.15) is 0 Å². The number of ether oxygens (including phenoxy) is 6. The van der Waals surface area contributed by atoms with E-state index >= 15 is 0 Å². The number of aliphatic hydroxyl groups excluding tert-OH is 10. The molecule has 21 heteroatoms. The number of aromatic hydroxyl groups is 3. The highest BCUT2D eigenvalue weighted by Crippen LogP contribution is 2.45. The van der Waals surface area contributed by atoms with Crippen LogP contribution in [0.2, 0.25) is 0 Å². The molecule has 1 aromatic heterocycles. The van der Waals surface area contributed by atoms with Crippen LogP contribution in [0.1, 0.15) is 6.92 Å². The van der Waals surface area contributed by atoms with Crippen LogP contribution in [0.5, 0.6) is 28.7 Å². The molecule has 3 aliphatic rings. The molecule has 3 aromatic rings. The lowest BCUT2D eigenvalue weighted by molar-refractivity contribution is -0.318. The lowest BCUT2D eigenvalue weighted by Crippen LogP contribution is -2.61. The van der Waals surface area contributed by atoms with Crippen LogP contribution in [0.3, 0.4) is 0 Å². The van der Waals surface area contributed by atoms with E-state index in [9.17, 15) is 71.2 Å². The third kappa shape index (κ3) is 7.27. The normalized spacial score (nSPS) is 37.3. The SMILES string of the molecule is C[C@@H]1O[C@@H](OC[C@@H]2O[C@@H](Oc3c(-c4ccc(O)cc4)oc4cc(O)c(O[C@@H]5O[C@H](CO)[C@@H](O)[C@H](O)[C@H]5O)c(O)c4c3=O)[C@H](O)[C@@H](O)[C@@H]2O)[C@H](O)[C@@H](O)[C@H]1O. The number of aliphatic hydroxyl groups is 10. The smallest absolute Gasteiger partial charge is 0.239 e. The van der Waals surface area contributed by atoms with Gasteiger partial charge in [0.25, 0.3) is 0 Å². The molecular formula is C33H40O21. The second-order valence-corrected chi connectivity index (χ2v) is 13.0. The summed E-state index contributed by atoms with van der Waals surface area (Å²) in [5, 5.41) is 134. The van der Waals surface area contributed by atoms with Gasteiger partial charge in [0.15, 0.2) is 23.5 Å². The van der Waals surface area contributed by atoms with Gasteiger partial charge in [0.1, 0.15) is 83.9 Å². The maximum Gasteiger partial charge on any atom is 0.239 e. The zero-order chi connectivity index (χ0) is 39.3. The first-order valence-corrected chi connectivity index (χ1v) is 16.5. The Bertz CT molecular complexity index is 1830. The van der Waals surface area contributed by atoms with Crippen molar-refractivity contribution in [2.45, 2.75) is 99.0 Å². The Hall–Kier alpha value is -3.91. The summed E-state index contributed by atoms with van der Waals surface area (Å²) in [7, 11) is 0. The van der Waals surface area contributed by atoms with Crippen LogP contribution in [0.15, 0.2) is 39.5 Å². The molecule has 3 fully saturated rings. The molecule has 0 aliphatic carbocycles. The van der Waals surface area contributed by atoms with Gasteiger partial charge in [-0.1, -0.05) is 0 Å². The molecule has 0 bridgehead atoms. The Morgan fingerprint density at radius 1 is 0.648 bits per heavy atom. The highest BCUT2D eigenvalue weighted by atomic mass is 16.7. The first kappa shape index (κ1) is 39.8. The van der Waals surface area contributed by atoms with E-state index in [1.165, 1.54) is 31.2 Å². The van der Waals surface area contributed by atoms with Crippen LogP contribution in [-0.2, 0) is 18.9 Å². The van der Waals surface area contributed by atoms with Crippen LogP contribution in [0.4, 0.5) is 0 Å². The molecule has 3 aliphatic heterocycles. The summed E-state index contributed by atoms with van der Waals surface area (Å²) >= 11 is 0. The molecule has 0 radical (unpaired) electrons. The number of rotatable bonds is 9. The van der Waals surface area contributed by atoms with Gasteiger partial charge in [-0.15, -0.1) is 0 Å². The average Bonchev–Trinajstić information content (AvgIpc) is 3.14. The molecule has 6 rings (SSSR count). The van der Waals surface area contributed by atoms with E-state index in [4.69, 9.17) is 32.8 Å². The van der Waals surface area contributed by atoms with Crippen molar-refractivity contribution in [3.05, 3.63) is 40.6 Å². The van der Waals surface area contributed by atoms with Crippen LogP contribution < -0.4 is 14.9 Å². The monoisotopic (exact) mass is 772 g/mol. The summed E-state index contributed by atoms with van der Waals surface area (Å²) in [5.41, 5.74) is -1.63. The van der Waals surface area contributed by atoms with E-state index in [2.05, 4.69) is 0 Å². The van der Waals surface area contributed by atoms with Gasteiger partial charge in [-0.25, -0.2) is 0 Å². The Morgan fingerprint density at radius 2 is 1.19 bits per heavy atom. The van der Waals surface area contributed by atoms with Gasteiger partial charge in [-0.05, 0) is 31.2 Å². The number of hydrogen-bond donors (Lipinski definition) is 13. The largest absolute Gasteiger partial charge is 0.508 e. The molecule has 0 spiro atoms. The summed E-state index contributed by atoms with van der Waals surface area (Å²) < 4.78 is 38.9. The molecule has 54 heavy (non-hydrogen) atoms. The highest BCUT2D eigenvalue weighted by molar-refractivity contribution is 5.91. The quantitative estimate of drug-likeness (QED) is 0.0980. The Morgan fingerprint density at radius 3 is 1.80 bits per heavy atom. The van der Waals surface area contributed by atoms with Crippen molar-refractivity contribution < 1.29 is 99.2 Å². The fraction of sp³-hybridized carbons (Fsp3) is 0.545. The molecule has 0 unspecified atom stereocenters. The van der Waals surface area contributed by atoms with Crippen molar-refractivity contribution >= 4 is 11.0 Å². The van der Waals surface area contributed by atoms with E-state index in [-0.39, 0.29) is 11.3 Å². The Balaban J connectivity index is 1.36. The second kappa shape index (κ2) is 15.7. The van der Waals surface area contributed by atoms with Crippen LogP contribution in [0, 0.1) is 0 Å². The van der Waals surface area contributed by atoms with E-state index in [1.54, 1.807) is 0 Å². The molecule has 15 atom stereocenters. The van der Waals surface area contributed by atoms with Gasteiger partial charge >= 0.3 is 0 Å². The molecule has 21 nitrogen and oxygen atoms in total. The zero-order valence-corrected chi connectivity index (χ0v) is 28.0. The number of phenols is 3. The first-order chi connectivity index (χ1) is 25.5.